The van der Waals surface area contributed by atoms with Gasteiger partial charge in [0.15, 0.2) is 0 Å². The van der Waals surface area contributed by atoms with Gasteiger partial charge >= 0.3 is 18.3 Å². The molecule has 1 saturated heterocycles. The van der Waals surface area contributed by atoms with Crippen molar-refractivity contribution in [2.45, 2.75) is 18.8 Å². The summed E-state index contributed by atoms with van der Waals surface area (Å²) in [5.41, 5.74) is -1.91. The second kappa shape index (κ2) is 11.9. The molecule has 1 aliphatic rings. The molecule has 0 unspecified atom stereocenters. The van der Waals surface area contributed by atoms with Crippen molar-refractivity contribution in [1.29, 1.82) is 0 Å². The van der Waals surface area contributed by atoms with Gasteiger partial charge in [0.25, 0.3) is 5.91 Å². The van der Waals surface area contributed by atoms with Crippen molar-refractivity contribution < 1.29 is 41.0 Å². The molecule has 3 aromatic rings. The van der Waals surface area contributed by atoms with Crippen molar-refractivity contribution in [3.05, 3.63) is 80.4 Å². The first kappa shape index (κ1) is 30.6. The van der Waals surface area contributed by atoms with Crippen LogP contribution in [0.25, 0.3) is 17.2 Å². The van der Waals surface area contributed by atoms with Crippen molar-refractivity contribution >= 4 is 63.3 Å². The van der Waals surface area contributed by atoms with Gasteiger partial charge in [0, 0.05) is 30.7 Å². The Balaban J connectivity index is 1.44. The number of hydrogen-bond donors (Lipinski definition) is 1. The minimum absolute atomic E-state index is 0.0783. The van der Waals surface area contributed by atoms with Crippen LogP contribution in [0.2, 0.25) is 0 Å². The smallest absolute Gasteiger partial charge is 0.416 e. The largest absolute Gasteiger partial charge is 0.478 e. The number of thiocarbonyl (C=S) groups is 1. The maximum atomic E-state index is 13.3. The topological polar surface area (TPSA) is 60.9 Å². The highest BCUT2D eigenvalue weighted by molar-refractivity contribution is 8.26. The summed E-state index contributed by atoms with van der Waals surface area (Å²) in [6.07, 6.45) is -7.84. The first-order valence-corrected chi connectivity index (χ1v) is 13.9. The van der Waals surface area contributed by atoms with E-state index in [4.69, 9.17) is 17.3 Å². The van der Waals surface area contributed by atoms with Crippen LogP contribution in [0.4, 0.5) is 32.0 Å². The quantitative estimate of drug-likeness (QED) is 0.155. The van der Waals surface area contributed by atoms with Crippen molar-refractivity contribution in [3.8, 4) is 11.1 Å². The number of carbonyl (C=O) groups is 2. The highest BCUT2D eigenvalue weighted by Crippen LogP contribution is 2.40. The standard InChI is InChI=1S/C27H20F6N2O3S3/c1-34(20-5-3-15(4-6-20)24(37)38)7-2-8-35-23(36)22(41-25(35)39)13-21-11-17(14-40-21)16-9-18(26(28,29)30)12-19(10-16)27(31,32)33/h3-6,9-14H,2,7-8H2,1H3,(H,37,38)/b22-13-. The van der Waals surface area contributed by atoms with E-state index in [1.54, 1.807) is 12.1 Å². The zero-order chi connectivity index (χ0) is 30.1. The highest BCUT2D eigenvalue weighted by atomic mass is 32.2. The molecule has 0 bridgehead atoms. The van der Waals surface area contributed by atoms with Gasteiger partial charge in [-0.05, 0) is 77.5 Å². The van der Waals surface area contributed by atoms with E-state index in [2.05, 4.69) is 0 Å². The predicted molar refractivity (Wildman–Crippen MR) is 151 cm³/mol. The Morgan fingerprint density at radius 3 is 2.17 bits per heavy atom. The Morgan fingerprint density at radius 1 is 1.00 bits per heavy atom. The number of carbonyl (C=O) groups excluding carboxylic acids is 1. The van der Waals surface area contributed by atoms with Crippen LogP contribution in [0, 0.1) is 0 Å². The maximum absolute atomic E-state index is 13.3. The summed E-state index contributed by atoms with van der Waals surface area (Å²) in [5.74, 6) is -1.37. The number of halogens is 6. The second-order valence-electron chi connectivity index (χ2n) is 8.99. The molecular formula is C27H20F6N2O3S3. The van der Waals surface area contributed by atoms with E-state index >= 15 is 0 Å². The number of carboxylic acid groups (broad SMARTS) is 1. The van der Waals surface area contributed by atoms with E-state index in [1.165, 1.54) is 34.6 Å². The number of anilines is 1. The van der Waals surface area contributed by atoms with Crippen LogP contribution in [-0.4, -0.2) is 46.3 Å². The van der Waals surface area contributed by atoms with Crippen molar-refractivity contribution in [3.63, 3.8) is 0 Å². The number of thioether (sulfide) groups is 1. The SMILES string of the molecule is CN(CCCN1C(=O)/C(=C/c2cc(-c3cc(C(F)(F)F)cc(C(F)(F)F)c3)cs2)SC1=S)c1ccc(C(=O)O)cc1. The van der Waals surface area contributed by atoms with Gasteiger partial charge in [0.2, 0.25) is 0 Å². The van der Waals surface area contributed by atoms with E-state index in [9.17, 15) is 35.9 Å². The summed E-state index contributed by atoms with van der Waals surface area (Å²) < 4.78 is 79.8. The summed E-state index contributed by atoms with van der Waals surface area (Å²) >= 11 is 7.49. The summed E-state index contributed by atoms with van der Waals surface area (Å²) in [5, 5.41) is 10.5. The molecule has 1 fully saturated rings. The van der Waals surface area contributed by atoms with Gasteiger partial charge in [-0.15, -0.1) is 11.3 Å². The Kier molecular flexibility index (Phi) is 8.85. The number of hydrogen-bond acceptors (Lipinski definition) is 6. The average Bonchev–Trinajstić information content (AvgIpc) is 3.47. The molecule has 0 saturated carbocycles. The maximum Gasteiger partial charge on any atom is 0.416 e. The van der Waals surface area contributed by atoms with Crippen LogP contribution in [0.3, 0.4) is 0 Å². The fraction of sp³-hybridized carbons (Fsp3) is 0.222. The normalized spacial score (nSPS) is 15.2. The fourth-order valence-electron chi connectivity index (χ4n) is 3.98. The molecule has 0 atom stereocenters. The third-order valence-corrected chi connectivity index (χ3v) is 8.38. The van der Waals surface area contributed by atoms with Gasteiger partial charge in [-0.2, -0.15) is 26.3 Å². The highest BCUT2D eigenvalue weighted by Gasteiger charge is 2.37. The van der Waals surface area contributed by atoms with Crippen LogP contribution in [0.5, 0.6) is 0 Å². The Morgan fingerprint density at radius 2 is 1.61 bits per heavy atom. The number of nitrogens with zero attached hydrogens (tertiary/aromatic N) is 2. The van der Waals surface area contributed by atoms with E-state index < -0.39 is 29.4 Å². The molecule has 1 amide bonds. The fourth-order valence-corrected chi connectivity index (χ4v) is 6.20. The first-order chi connectivity index (χ1) is 19.1. The lowest BCUT2D eigenvalue weighted by atomic mass is 10.0. The number of alkyl halides is 6. The van der Waals surface area contributed by atoms with E-state index in [-0.39, 0.29) is 28.7 Å². The van der Waals surface area contributed by atoms with Crippen LogP contribution >= 0.6 is 35.3 Å². The third kappa shape index (κ3) is 7.29. The van der Waals surface area contributed by atoms with Crippen LogP contribution in [-0.2, 0) is 17.1 Å². The molecule has 0 radical (unpaired) electrons. The Hall–Kier alpha value is -3.36. The van der Waals surface area contributed by atoms with Gasteiger partial charge in [0.1, 0.15) is 4.32 Å². The Labute approximate surface area is 244 Å². The minimum Gasteiger partial charge on any atom is -0.478 e. The molecule has 0 aliphatic carbocycles. The predicted octanol–water partition coefficient (Wildman–Crippen LogP) is 7.88. The molecule has 41 heavy (non-hydrogen) atoms. The second-order valence-corrected chi connectivity index (χ2v) is 11.6. The van der Waals surface area contributed by atoms with Crippen LogP contribution in [0.1, 0.15) is 32.8 Å². The summed E-state index contributed by atoms with van der Waals surface area (Å²) in [6, 6.07) is 9.20. The number of rotatable bonds is 8. The molecule has 1 aliphatic heterocycles. The molecule has 216 valence electrons. The Bertz CT molecular complexity index is 1480. The van der Waals surface area contributed by atoms with E-state index in [1.807, 2.05) is 11.9 Å². The molecule has 1 aromatic heterocycles. The van der Waals surface area contributed by atoms with E-state index in [0.29, 0.717) is 45.7 Å². The molecule has 2 aromatic carbocycles. The lowest BCUT2D eigenvalue weighted by molar-refractivity contribution is -0.143. The number of aromatic carboxylic acids is 1. The molecule has 5 nitrogen and oxygen atoms in total. The minimum atomic E-state index is -4.96. The van der Waals surface area contributed by atoms with Gasteiger partial charge in [-0.3, -0.25) is 9.69 Å². The molecule has 2 heterocycles. The monoisotopic (exact) mass is 630 g/mol. The first-order valence-electron chi connectivity index (χ1n) is 11.8. The lowest BCUT2D eigenvalue weighted by Crippen LogP contribution is -2.31. The van der Waals surface area contributed by atoms with Crippen molar-refractivity contribution in [2.24, 2.45) is 0 Å². The van der Waals surface area contributed by atoms with Crippen molar-refractivity contribution in [2.75, 3.05) is 25.0 Å². The zero-order valence-corrected chi connectivity index (χ0v) is 23.5. The van der Waals surface area contributed by atoms with Crippen molar-refractivity contribution in [1.82, 2.24) is 4.90 Å². The summed E-state index contributed by atoms with van der Waals surface area (Å²) in [4.78, 5) is 28.1. The third-order valence-electron chi connectivity index (χ3n) is 6.12. The molecule has 0 spiro atoms. The van der Waals surface area contributed by atoms with Gasteiger partial charge in [-0.25, -0.2) is 4.79 Å². The molecule has 14 heteroatoms. The summed E-state index contributed by atoms with van der Waals surface area (Å²) in [6.45, 7) is 0.868. The lowest BCUT2D eigenvalue weighted by Gasteiger charge is -2.21. The number of amides is 1. The average molecular weight is 631 g/mol. The van der Waals surface area contributed by atoms with Gasteiger partial charge in [-0.1, -0.05) is 24.0 Å². The molecular weight excluding hydrogens is 610 g/mol. The molecule has 1 N–H and O–H groups in total. The van der Waals surface area contributed by atoms with Crippen LogP contribution in [0.15, 0.2) is 58.8 Å². The molecule has 4 rings (SSSR count). The van der Waals surface area contributed by atoms with Gasteiger partial charge < -0.3 is 10.0 Å². The number of thiophene rings is 1. The van der Waals surface area contributed by atoms with Crippen LogP contribution < -0.4 is 4.90 Å². The number of carboxylic acids is 1. The van der Waals surface area contributed by atoms with Gasteiger partial charge in [0.05, 0.1) is 21.6 Å². The van der Waals surface area contributed by atoms with E-state index in [0.717, 1.165) is 28.8 Å². The number of benzene rings is 2. The summed E-state index contributed by atoms with van der Waals surface area (Å²) in [7, 11) is 1.83. The zero-order valence-electron chi connectivity index (χ0n) is 21.0.